The van der Waals surface area contributed by atoms with E-state index in [1.165, 1.54) is 6.42 Å². The summed E-state index contributed by atoms with van der Waals surface area (Å²) >= 11 is 0. The van der Waals surface area contributed by atoms with E-state index in [2.05, 4.69) is 4.90 Å². The number of likely N-dealkylation sites (tertiary alicyclic amines) is 1. The average Bonchev–Trinajstić information content (AvgIpc) is 2.79. The lowest BCUT2D eigenvalue weighted by molar-refractivity contribution is 0.155. The third-order valence-electron chi connectivity index (χ3n) is 3.78. The number of aliphatic hydroxyl groups excluding tert-OH is 1. The Bertz CT molecular complexity index is 219. The molecule has 0 aromatic rings. The standard InChI is InChI=1S/C12H27BN2O3/c14-11(4-1-2-7-13(17)18)6-9-15-8-3-5-12(15)10-16/h11-12,16-18H,1-10,14H2/t11-,12-/m1/s1. The zero-order valence-electron chi connectivity index (χ0n) is 11.2. The fourth-order valence-corrected chi connectivity index (χ4v) is 2.61. The number of aliphatic hydroxyl groups is 1. The van der Waals surface area contributed by atoms with E-state index in [4.69, 9.17) is 15.8 Å². The normalized spacial score (nSPS) is 22.3. The van der Waals surface area contributed by atoms with Crippen molar-refractivity contribution in [2.45, 2.75) is 56.9 Å². The van der Waals surface area contributed by atoms with E-state index in [0.29, 0.717) is 12.4 Å². The van der Waals surface area contributed by atoms with Crippen molar-refractivity contribution in [2.24, 2.45) is 5.73 Å². The summed E-state index contributed by atoms with van der Waals surface area (Å²) in [5.41, 5.74) is 6.04. The molecule has 1 rings (SSSR count). The highest BCUT2D eigenvalue weighted by molar-refractivity contribution is 6.40. The van der Waals surface area contributed by atoms with Crippen molar-refractivity contribution >= 4 is 7.12 Å². The molecule has 5 N–H and O–H groups in total. The van der Waals surface area contributed by atoms with E-state index < -0.39 is 7.12 Å². The van der Waals surface area contributed by atoms with Crippen LogP contribution in [0.1, 0.15) is 38.5 Å². The molecule has 0 aliphatic carbocycles. The predicted octanol–water partition coefficient (Wildman–Crippen LogP) is -0.196. The molecule has 1 fully saturated rings. The maximum atomic E-state index is 9.21. The van der Waals surface area contributed by atoms with Crippen LogP contribution in [0.25, 0.3) is 0 Å². The summed E-state index contributed by atoms with van der Waals surface area (Å²) in [5, 5.41) is 26.6. The third kappa shape index (κ3) is 6.16. The predicted molar refractivity (Wildman–Crippen MR) is 73.1 cm³/mol. The number of unbranched alkanes of at least 4 members (excludes halogenated alkanes) is 1. The minimum absolute atomic E-state index is 0.181. The molecule has 0 aromatic heterocycles. The molecule has 0 radical (unpaired) electrons. The minimum atomic E-state index is -1.18. The number of hydrogen-bond donors (Lipinski definition) is 4. The monoisotopic (exact) mass is 258 g/mol. The van der Waals surface area contributed by atoms with Gasteiger partial charge in [-0.05, 0) is 45.1 Å². The van der Waals surface area contributed by atoms with Gasteiger partial charge in [-0.2, -0.15) is 0 Å². The van der Waals surface area contributed by atoms with Gasteiger partial charge in [-0.15, -0.1) is 0 Å². The van der Waals surface area contributed by atoms with Gasteiger partial charge in [0.1, 0.15) is 0 Å². The Hall–Kier alpha value is -0.135. The molecule has 0 bridgehead atoms. The second-order valence-electron chi connectivity index (χ2n) is 5.33. The van der Waals surface area contributed by atoms with Crippen LogP contribution in [0.2, 0.25) is 6.32 Å². The molecule has 1 heterocycles. The molecule has 1 saturated heterocycles. The summed E-state index contributed by atoms with van der Waals surface area (Å²) in [6.45, 7) is 2.30. The van der Waals surface area contributed by atoms with Crippen LogP contribution in [0.15, 0.2) is 0 Å². The summed E-state index contributed by atoms with van der Waals surface area (Å²) in [7, 11) is -1.18. The van der Waals surface area contributed by atoms with Crippen LogP contribution in [0.5, 0.6) is 0 Å². The molecule has 106 valence electrons. The van der Waals surface area contributed by atoms with Crippen molar-refractivity contribution in [1.82, 2.24) is 4.90 Å². The minimum Gasteiger partial charge on any atom is -0.427 e. The number of nitrogens with two attached hydrogens (primary N) is 1. The summed E-state index contributed by atoms with van der Waals surface area (Å²) in [6.07, 6.45) is 6.36. The molecular formula is C12H27BN2O3. The topological polar surface area (TPSA) is 90.0 Å². The zero-order chi connectivity index (χ0) is 13.4. The second-order valence-corrected chi connectivity index (χ2v) is 5.33. The number of nitrogens with zero attached hydrogens (tertiary/aromatic N) is 1. The Morgan fingerprint density at radius 3 is 2.72 bits per heavy atom. The maximum Gasteiger partial charge on any atom is 0.451 e. The lowest BCUT2D eigenvalue weighted by Gasteiger charge is -2.24. The van der Waals surface area contributed by atoms with Crippen LogP contribution in [0.3, 0.4) is 0 Å². The van der Waals surface area contributed by atoms with E-state index in [0.717, 1.165) is 45.2 Å². The Morgan fingerprint density at radius 1 is 1.28 bits per heavy atom. The Labute approximate surface area is 110 Å². The van der Waals surface area contributed by atoms with Gasteiger partial charge in [0.05, 0.1) is 6.61 Å². The Morgan fingerprint density at radius 2 is 2.06 bits per heavy atom. The van der Waals surface area contributed by atoms with E-state index in [-0.39, 0.29) is 12.6 Å². The van der Waals surface area contributed by atoms with Gasteiger partial charge in [0.15, 0.2) is 0 Å². The van der Waals surface area contributed by atoms with Crippen LogP contribution in [0, 0.1) is 0 Å². The quantitative estimate of drug-likeness (QED) is 0.340. The molecule has 5 nitrogen and oxygen atoms in total. The summed E-state index contributed by atoms with van der Waals surface area (Å²) in [6, 6.07) is 0.516. The molecule has 0 spiro atoms. The first-order valence-electron chi connectivity index (χ1n) is 7.10. The highest BCUT2D eigenvalue weighted by atomic mass is 16.4. The maximum absolute atomic E-state index is 9.21. The van der Waals surface area contributed by atoms with E-state index in [9.17, 15) is 5.11 Å². The molecule has 6 heteroatoms. The van der Waals surface area contributed by atoms with Crippen molar-refractivity contribution in [2.75, 3.05) is 19.7 Å². The van der Waals surface area contributed by atoms with Crippen molar-refractivity contribution in [3.63, 3.8) is 0 Å². The van der Waals surface area contributed by atoms with Crippen molar-refractivity contribution in [1.29, 1.82) is 0 Å². The average molecular weight is 258 g/mol. The van der Waals surface area contributed by atoms with Gasteiger partial charge in [0, 0.05) is 12.1 Å². The summed E-state index contributed by atoms with van der Waals surface area (Å²) in [4.78, 5) is 2.33. The van der Waals surface area contributed by atoms with E-state index in [1.807, 2.05) is 0 Å². The fourth-order valence-electron chi connectivity index (χ4n) is 2.61. The van der Waals surface area contributed by atoms with Gasteiger partial charge in [0.25, 0.3) is 0 Å². The summed E-state index contributed by atoms with van der Waals surface area (Å²) < 4.78 is 0. The lowest BCUT2D eigenvalue weighted by Crippen LogP contribution is -2.36. The highest BCUT2D eigenvalue weighted by Gasteiger charge is 2.23. The first kappa shape index (κ1) is 15.9. The van der Waals surface area contributed by atoms with E-state index >= 15 is 0 Å². The molecular weight excluding hydrogens is 231 g/mol. The third-order valence-corrected chi connectivity index (χ3v) is 3.78. The van der Waals surface area contributed by atoms with E-state index in [1.54, 1.807) is 0 Å². The van der Waals surface area contributed by atoms with Gasteiger partial charge >= 0.3 is 7.12 Å². The largest absolute Gasteiger partial charge is 0.451 e. The van der Waals surface area contributed by atoms with Gasteiger partial charge in [-0.3, -0.25) is 4.90 Å². The van der Waals surface area contributed by atoms with Crippen LogP contribution >= 0.6 is 0 Å². The molecule has 18 heavy (non-hydrogen) atoms. The SMILES string of the molecule is N[C@H](CCCCB(O)O)CCN1CCC[C@@H]1CO. The molecule has 1 aliphatic rings. The van der Waals surface area contributed by atoms with Gasteiger partial charge in [0.2, 0.25) is 0 Å². The molecule has 0 amide bonds. The zero-order valence-corrected chi connectivity index (χ0v) is 11.2. The smallest absolute Gasteiger partial charge is 0.427 e. The summed E-state index contributed by atoms with van der Waals surface area (Å²) in [5.74, 6) is 0. The van der Waals surface area contributed by atoms with Crippen LogP contribution in [-0.4, -0.2) is 59.0 Å². The van der Waals surface area contributed by atoms with Gasteiger partial charge < -0.3 is 20.9 Å². The first-order chi connectivity index (χ1) is 8.63. The van der Waals surface area contributed by atoms with Crippen molar-refractivity contribution in [3.05, 3.63) is 0 Å². The molecule has 0 unspecified atom stereocenters. The van der Waals surface area contributed by atoms with Gasteiger partial charge in [-0.1, -0.05) is 12.8 Å². The lowest BCUT2D eigenvalue weighted by atomic mass is 9.83. The van der Waals surface area contributed by atoms with Crippen molar-refractivity contribution < 1.29 is 15.2 Å². The van der Waals surface area contributed by atoms with Gasteiger partial charge in [-0.25, -0.2) is 0 Å². The molecule has 2 atom stereocenters. The van der Waals surface area contributed by atoms with Crippen LogP contribution in [0.4, 0.5) is 0 Å². The Kier molecular flexibility index (Phi) is 7.85. The number of hydrogen-bond acceptors (Lipinski definition) is 5. The Balaban J connectivity index is 2.04. The van der Waals surface area contributed by atoms with Crippen LogP contribution in [-0.2, 0) is 0 Å². The molecule has 0 aromatic carbocycles. The molecule has 1 aliphatic heterocycles. The van der Waals surface area contributed by atoms with Crippen LogP contribution < -0.4 is 5.73 Å². The highest BCUT2D eigenvalue weighted by Crippen LogP contribution is 2.17. The fraction of sp³-hybridized carbons (Fsp3) is 1.00. The van der Waals surface area contributed by atoms with Crippen molar-refractivity contribution in [3.8, 4) is 0 Å². The molecule has 0 saturated carbocycles. The second kappa shape index (κ2) is 8.88. The first-order valence-corrected chi connectivity index (χ1v) is 7.10. The number of rotatable bonds is 9.